The van der Waals surface area contributed by atoms with Crippen molar-refractivity contribution in [3.05, 3.63) is 168 Å². The molecule has 7 aromatic rings. The van der Waals surface area contributed by atoms with Crippen molar-refractivity contribution in [3.63, 3.8) is 0 Å². The van der Waals surface area contributed by atoms with Crippen LogP contribution >= 0.6 is 0 Å². The Hall–Kier alpha value is -5.81. The van der Waals surface area contributed by atoms with Crippen molar-refractivity contribution in [2.45, 2.75) is 97.8 Å². The summed E-state index contributed by atoms with van der Waals surface area (Å²) in [5.41, 5.74) is 10.6. The summed E-state index contributed by atoms with van der Waals surface area (Å²) in [6, 6.07) is 44.2. The van der Waals surface area contributed by atoms with Crippen LogP contribution in [0.25, 0.3) is 27.6 Å². The predicted molar refractivity (Wildman–Crippen MR) is 245 cm³/mol. The highest BCUT2D eigenvalue weighted by molar-refractivity contribution is 6.09. The maximum Gasteiger partial charge on any atom is 0.137 e. The van der Waals surface area contributed by atoms with Gasteiger partial charge < -0.3 is 14.5 Å². The first-order valence-corrected chi connectivity index (χ1v) is 20.6. The Kier molecular flexibility index (Phi) is 9.58. The molecule has 3 heterocycles. The lowest BCUT2D eigenvalue weighted by atomic mass is 9.78. The Bertz CT molecular complexity index is 2650. The van der Waals surface area contributed by atoms with Gasteiger partial charge in [-0.25, -0.2) is 4.98 Å². The molecule has 58 heavy (non-hydrogen) atoms. The van der Waals surface area contributed by atoms with Crippen LogP contribution in [-0.2, 0) is 21.7 Å². The molecule has 5 nitrogen and oxygen atoms in total. The summed E-state index contributed by atoms with van der Waals surface area (Å²) in [7, 11) is 0. The number of benzene rings is 5. The Morgan fingerprint density at radius 1 is 0.466 bits per heavy atom. The Balaban J connectivity index is 1.22. The second-order valence-corrected chi connectivity index (χ2v) is 19.6. The molecular weight excluding hydrogens is 709 g/mol. The van der Waals surface area contributed by atoms with Gasteiger partial charge in [-0.15, -0.1) is 0 Å². The summed E-state index contributed by atoms with van der Waals surface area (Å²) < 4.78 is 9.26. The molecule has 0 amide bonds. The first-order valence-electron chi connectivity index (χ1n) is 20.6. The number of fused-ring (bicyclic) bond motifs is 3. The number of hydrogen-bond acceptors (Lipinski definition) is 4. The first kappa shape index (κ1) is 39.0. The van der Waals surface area contributed by atoms with Crippen molar-refractivity contribution < 1.29 is 4.74 Å². The summed E-state index contributed by atoms with van der Waals surface area (Å²) in [4.78, 5) is 9.55. The van der Waals surface area contributed by atoms with Gasteiger partial charge in [0.05, 0.1) is 17.7 Å². The highest BCUT2D eigenvalue weighted by Crippen LogP contribution is 2.41. The molecular formula is C53H58N4O. The number of ether oxygens (including phenoxy) is 1. The van der Waals surface area contributed by atoms with Gasteiger partial charge in [0.25, 0.3) is 0 Å². The maximum absolute atomic E-state index is 6.96. The fourth-order valence-corrected chi connectivity index (χ4v) is 8.02. The van der Waals surface area contributed by atoms with Crippen LogP contribution in [0.4, 0.5) is 11.4 Å². The molecule has 1 aliphatic rings. The van der Waals surface area contributed by atoms with Crippen LogP contribution in [-0.4, -0.2) is 16.2 Å². The first-order chi connectivity index (χ1) is 27.4. The molecule has 296 valence electrons. The second kappa shape index (κ2) is 14.2. The molecule has 0 spiro atoms. The van der Waals surface area contributed by atoms with E-state index in [4.69, 9.17) is 9.72 Å². The Labute approximate surface area is 345 Å². The summed E-state index contributed by atoms with van der Waals surface area (Å²) >= 11 is 0. The smallest absolute Gasteiger partial charge is 0.137 e. The standard InChI is InChI=1S/C53H58N4O/c1-50(2,3)36-17-20-41(21-18-36)55-27-28-56(35-55)42-29-40(53(10,11)37-15-13-12-14-16-37)30-44(33-42)58-43-22-23-45-46-31-38(51(4,5)6)19-24-47(46)57(48(45)34-43)49-32-39(25-26-54-49)52(7,8)9/h12-34H,35H2,1-11H3. The molecule has 0 atom stereocenters. The molecule has 0 N–H and O–H groups in total. The predicted octanol–water partition coefficient (Wildman–Crippen LogP) is 13.9. The number of pyridine rings is 1. The molecule has 0 bridgehead atoms. The van der Waals surface area contributed by atoms with E-state index in [0.717, 1.165) is 34.0 Å². The maximum atomic E-state index is 6.96. The van der Waals surface area contributed by atoms with Crippen LogP contribution < -0.4 is 14.5 Å². The highest BCUT2D eigenvalue weighted by Gasteiger charge is 2.27. The lowest BCUT2D eigenvalue weighted by molar-refractivity contribution is 0.480. The number of rotatable bonds is 7. The van der Waals surface area contributed by atoms with Gasteiger partial charge in [-0.3, -0.25) is 4.57 Å². The van der Waals surface area contributed by atoms with Gasteiger partial charge in [-0.2, -0.15) is 0 Å². The van der Waals surface area contributed by atoms with Crippen molar-refractivity contribution >= 4 is 33.2 Å². The van der Waals surface area contributed by atoms with Crippen molar-refractivity contribution in [2.75, 3.05) is 16.5 Å². The molecule has 2 aromatic heterocycles. The number of anilines is 2. The van der Waals surface area contributed by atoms with Crippen LogP contribution in [0.5, 0.6) is 11.5 Å². The van der Waals surface area contributed by atoms with E-state index in [1.807, 2.05) is 6.20 Å². The SMILES string of the molecule is CC(C)(C)c1ccc(N2C=CN(c3cc(Oc4ccc5c6cc(C(C)(C)C)ccc6n(-c6cc(C(C)(C)C)ccn6)c5c4)cc(C(C)(C)c4ccccc4)c3)C2)cc1. The Morgan fingerprint density at radius 2 is 1.10 bits per heavy atom. The molecule has 0 saturated heterocycles. The van der Waals surface area contributed by atoms with Crippen molar-refractivity contribution in [1.29, 1.82) is 0 Å². The van der Waals surface area contributed by atoms with E-state index in [-0.39, 0.29) is 21.7 Å². The average Bonchev–Trinajstić information content (AvgIpc) is 3.80. The van der Waals surface area contributed by atoms with Gasteiger partial charge in [-0.1, -0.05) is 125 Å². The van der Waals surface area contributed by atoms with Crippen molar-refractivity contribution in [1.82, 2.24) is 9.55 Å². The quantitative estimate of drug-likeness (QED) is 0.162. The van der Waals surface area contributed by atoms with Gasteiger partial charge in [0, 0.05) is 58.3 Å². The van der Waals surface area contributed by atoms with Crippen LogP contribution in [0.1, 0.15) is 104 Å². The second-order valence-electron chi connectivity index (χ2n) is 19.6. The van der Waals surface area contributed by atoms with Gasteiger partial charge in [-0.05, 0) is 105 Å². The lowest BCUT2D eigenvalue weighted by Gasteiger charge is -2.29. The fourth-order valence-electron chi connectivity index (χ4n) is 8.02. The molecule has 0 fully saturated rings. The summed E-state index contributed by atoms with van der Waals surface area (Å²) in [6.45, 7) is 25.6. The van der Waals surface area contributed by atoms with E-state index >= 15 is 0 Å². The Morgan fingerprint density at radius 3 is 1.78 bits per heavy atom. The zero-order valence-electron chi connectivity index (χ0n) is 36.2. The fraction of sp³-hybridized carbons (Fsp3) is 0.302. The van der Waals surface area contributed by atoms with Crippen molar-refractivity contribution in [3.8, 4) is 17.3 Å². The van der Waals surface area contributed by atoms with E-state index in [1.54, 1.807) is 0 Å². The third-order valence-corrected chi connectivity index (χ3v) is 11.9. The molecule has 0 radical (unpaired) electrons. The number of nitrogens with zero attached hydrogens (tertiary/aromatic N) is 4. The third-order valence-electron chi connectivity index (χ3n) is 11.9. The van der Waals surface area contributed by atoms with Gasteiger partial charge in [0.1, 0.15) is 17.3 Å². The van der Waals surface area contributed by atoms with Crippen LogP contribution in [0, 0.1) is 0 Å². The highest BCUT2D eigenvalue weighted by atomic mass is 16.5. The zero-order valence-corrected chi connectivity index (χ0v) is 36.2. The van der Waals surface area contributed by atoms with E-state index < -0.39 is 0 Å². The topological polar surface area (TPSA) is 33.5 Å². The van der Waals surface area contributed by atoms with Crippen LogP contribution in [0.2, 0.25) is 0 Å². The third kappa shape index (κ3) is 7.51. The lowest BCUT2D eigenvalue weighted by Crippen LogP contribution is -2.25. The molecule has 0 unspecified atom stereocenters. The minimum atomic E-state index is -0.272. The van der Waals surface area contributed by atoms with E-state index in [2.05, 4.69) is 224 Å². The summed E-state index contributed by atoms with van der Waals surface area (Å²) in [5, 5.41) is 2.39. The monoisotopic (exact) mass is 766 g/mol. The van der Waals surface area contributed by atoms with Gasteiger partial charge >= 0.3 is 0 Å². The zero-order chi connectivity index (χ0) is 41.2. The summed E-state index contributed by atoms with van der Waals surface area (Å²) in [6.07, 6.45) is 6.28. The molecule has 5 aromatic carbocycles. The van der Waals surface area contributed by atoms with E-state index in [0.29, 0.717) is 6.67 Å². The average molecular weight is 767 g/mol. The minimum Gasteiger partial charge on any atom is -0.457 e. The summed E-state index contributed by atoms with van der Waals surface area (Å²) in [5.74, 6) is 2.47. The largest absolute Gasteiger partial charge is 0.457 e. The molecule has 8 rings (SSSR count). The number of hydrogen-bond donors (Lipinski definition) is 0. The van der Waals surface area contributed by atoms with Crippen molar-refractivity contribution in [2.24, 2.45) is 0 Å². The van der Waals surface area contributed by atoms with E-state index in [9.17, 15) is 0 Å². The minimum absolute atomic E-state index is 0.0151. The van der Waals surface area contributed by atoms with Gasteiger partial charge in [0.2, 0.25) is 0 Å². The molecule has 0 saturated carbocycles. The van der Waals surface area contributed by atoms with E-state index in [1.165, 1.54) is 44.3 Å². The normalized spacial score (nSPS) is 13.9. The van der Waals surface area contributed by atoms with Crippen LogP contribution in [0.3, 0.4) is 0 Å². The molecule has 1 aliphatic heterocycles. The van der Waals surface area contributed by atoms with Gasteiger partial charge in [0.15, 0.2) is 0 Å². The van der Waals surface area contributed by atoms with Crippen LogP contribution in [0.15, 0.2) is 140 Å². The number of aromatic nitrogens is 2. The molecule has 5 heteroatoms. The molecule has 0 aliphatic carbocycles.